The van der Waals surface area contributed by atoms with Crippen molar-refractivity contribution in [1.29, 1.82) is 0 Å². The fraction of sp³-hybridized carbons (Fsp3) is 0.632. The van der Waals surface area contributed by atoms with E-state index < -0.39 is 5.60 Å². The van der Waals surface area contributed by atoms with Crippen molar-refractivity contribution in [2.24, 2.45) is 11.8 Å². The molecule has 0 aliphatic carbocycles. The van der Waals surface area contributed by atoms with Crippen LogP contribution in [0.25, 0.3) is 0 Å². The molecule has 0 aliphatic heterocycles. The van der Waals surface area contributed by atoms with Gasteiger partial charge in [-0.25, -0.2) is 4.79 Å². The first-order valence-electron chi connectivity index (χ1n) is 8.35. The van der Waals surface area contributed by atoms with Gasteiger partial charge in [-0.15, -0.1) is 0 Å². The van der Waals surface area contributed by atoms with E-state index >= 15 is 0 Å². The Morgan fingerprint density at radius 3 is 2.13 bits per heavy atom. The third-order valence-corrected chi connectivity index (χ3v) is 3.56. The standard InChI is InChI=1S/C19H31NO3/c1-14(12-20-18(22)23-19(3,4)5)10-16-8-6-7-9-17(16)11-15(2)13-21/h6-9,14-15,21H,10-13H2,1-5H3,(H,20,22)/t14-,15-/m0/s1. The minimum atomic E-state index is -0.472. The van der Waals surface area contributed by atoms with Crippen LogP contribution in [0, 0.1) is 11.8 Å². The van der Waals surface area contributed by atoms with E-state index in [0.717, 1.165) is 12.8 Å². The van der Waals surface area contributed by atoms with Gasteiger partial charge in [0.2, 0.25) is 0 Å². The van der Waals surface area contributed by atoms with E-state index in [2.05, 4.69) is 24.4 Å². The highest BCUT2D eigenvalue weighted by atomic mass is 16.6. The molecule has 0 saturated carbocycles. The zero-order valence-corrected chi connectivity index (χ0v) is 15.1. The van der Waals surface area contributed by atoms with Crippen molar-refractivity contribution >= 4 is 6.09 Å². The number of nitrogens with one attached hydrogen (secondary N) is 1. The molecule has 0 fully saturated rings. The van der Waals surface area contributed by atoms with Crippen LogP contribution in [0.15, 0.2) is 24.3 Å². The quantitative estimate of drug-likeness (QED) is 0.807. The number of hydrogen-bond donors (Lipinski definition) is 2. The second-order valence-corrected chi connectivity index (χ2v) is 7.45. The molecule has 0 unspecified atom stereocenters. The fourth-order valence-corrected chi connectivity index (χ4v) is 2.42. The molecule has 4 heteroatoms. The lowest BCUT2D eigenvalue weighted by atomic mass is 9.92. The first-order valence-corrected chi connectivity index (χ1v) is 8.35. The van der Waals surface area contributed by atoms with E-state index in [1.54, 1.807) is 0 Å². The lowest BCUT2D eigenvalue weighted by molar-refractivity contribution is 0.0520. The molecular formula is C19H31NO3. The van der Waals surface area contributed by atoms with Crippen molar-refractivity contribution in [3.8, 4) is 0 Å². The molecule has 1 aromatic rings. The number of ether oxygens (including phenoxy) is 1. The topological polar surface area (TPSA) is 58.6 Å². The summed E-state index contributed by atoms with van der Waals surface area (Å²) in [5.41, 5.74) is 2.09. The molecule has 0 bridgehead atoms. The predicted octanol–water partition coefficient (Wildman–Crippen LogP) is 3.56. The van der Waals surface area contributed by atoms with Crippen molar-refractivity contribution in [3.05, 3.63) is 35.4 Å². The molecular weight excluding hydrogens is 290 g/mol. The summed E-state index contributed by atoms with van der Waals surface area (Å²) in [6.45, 7) is 10.5. The van der Waals surface area contributed by atoms with E-state index in [1.165, 1.54) is 11.1 Å². The summed E-state index contributed by atoms with van der Waals surface area (Å²) in [4.78, 5) is 11.7. The van der Waals surface area contributed by atoms with E-state index in [0.29, 0.717) is 12.5 Å². The Morgan fingerprint density at radius 1 is 1.13 bits per heavy atom. The number of carbonyl (C=O) groups is 1. The zero-order chi connectivity index (χ0) is 17.5. The average Bonchev–Trinajstić information content (AvgIpc) is 2.45. The molecule has 1 amide bonds. The molecule has 2 atom stereocenters. The van der Waals surface area contributed by atoms with Gasteiger partial charge in [-0.3, -0.25) is 0 Å². The van der Waals surface area contributed by atoms with Gasteiger partial charge in [-0.1, -0.05) is 38.1 Å². The molecule has 0 heterocycles. The van der Waals surface area contributed by atoms with Crippen LogP contribution in [0.1, 0.15) is 45.7 Å². The number of benzene rings is 1. The Kier molecular flexibility index (Phi) is 7.56. The van der Waals surface area contributed by atoms with E-state index in [-0.39, 0.29) is 18.6 Å². The lowest BCUT2D eigenvalue weighted by Crippen LogP contribution is -2.35. The van der Waals surface area contributed by atoms with Crippen molar-refractivity contribution in [2.45, 2.75) is 53.1 Å². The number of aliphatic hydroxyl groups is 1. The monoisotopic (exact) mass is 321 g/mol. The molecule has 23 heavy (non-hydrogen) atoms. The van der Waals surface area contributed by atoms with Crippen LogP contribution in [-0.4, -0.2) is 30.0 Å². The number of aliphatic hydroxyl groups excluding tert-OH is 1. The molecule has 0 radical (unpaired) electrons. The van der Waals surface area contributed by atoms with Gasteiger partial charge >= 0.3 is 6.09 Å². The summed E-state index contributed by atoms with van der Waals surface area (Å²) in [5, 5.41) is 12.1. The lowest BCUT2D eigenvalue weighted by Gasteiger charge is -2.21. The summed E-state index contributed by atoms with van der Waals surface area (Å²) < 4.78 is 5.25. The second-order valence-electron chi connectivity index (χ2n) is 7.45. The molecule has 0 saturated heterocycles. The summed E-state index contributed by atoms with van der Waals surface area (Å²) in [6.07, 6.45) is 1.40. The van der Waals surface area contributed by atoms with Crippen molar-refractivity contribution in [2.75, 3.05) is 13.2 Å². The van der Waals surface area contributed by atoms with Crippen LogP contribution in [0.3, 0.4) is 0 Å². The van der Waals surface area contributed by atoms with Gasteiger partial charge in [0.1, 0.15) is 5.60 Å². The van der Waals surface area contributed by atoms with Crippen LogP contribution in [-0.2, 0) is 17.6 Å². The van der Waals surface area contributed by atoms with E-state index in [4.69, 9.17) is 4.74 Å². The molecule has 0 spiro atoms. The zero-order valence-electron chi connectivity index (χ0n) is 15.1. The highest BCUT2D eigenvalue weighted by Gasteiger charge is 2.17. The van der Waals surface area contributed by atoms with Crippen LogP contribution in [0.2, 0.25) is 0 Å². The maximum atomic E-state index is 11.7. The average molecular weight is 321 g/mol. The van der Waals surface area contributed by atoms with Crippen LogP contribution < -0.4 is 5.32 Å². The maximum Gasteiger partial charge on any atom is 0.407 e. The van der Waals surface area contributed by atoms with Crippen LogP contribution >= 0.6 is 0 Å². The number of carbonyl (C=O) groups excluding carboxylic acids is 1. The summed E-state index contributed by atoms with van der Waals surface area (Å²) in [7, 11) is 0. The Bertz CT molecular complexity index is 494. The summed E-state index contributed by atoms with van der Waals surface area (Å²) in [5.74, 6) is 0.569. The highest BCUT2D eigenvalue weighted by molar-refractivity contribution is 5.67. The molecule has 1 aromatic carbocycles. The highest BCUT2D eigenvalue weighted by Crippen LogP contribution is 2.17. The van der Waals surface area contributed by atoms with Crippen molar-refractivity contribution < 1.29 is 14.6 Å². The minimum absolute atomic E-state index is 0.198. The third-order valence-electron chi connectivity index (χ3n) is 3.56. The molecule has 1 rings (SSSR count). The van der Waals surface area contributed by atoms with Gasteiger partial charge < -0.3 is 15.2 Å². The Hall–Kier alpha value is -1.55. The minimum Gasteiger partial charge on any atom is -0.444 e. The van der Waals surface area contributed by atoms with Crippen LogP contribution in [0.4, 0.5) is 4.79 Å². The molecule has 2 N–H and O–H groups in total. The van der Waals surface area contributed by atoms with Gasteiger partial charge in [-0.2, -0.15) is 0 Å². The Balaban J connectivity index is 2.54. The van der Waals surface area contributed by atoms with Crippen molar-refractivity contribution in [3.63, 3.8) is 0 Å². The number of rotatable bonds is 7. The Labute approximate surface area is 140 Å². The maximum absolute atomic E-state index is 11.7. The smallest absolute Gasteiger partial charge is 0.407 e. The van der Waals surface area contributed by atoms with Crippen molar-refractivity contribution in [1.82, 2.24) is 5.32 Å². The first kappa shape index (κ1) is 19.5. The predicted molar refractivity (Wildman–Crippen MR) is 93.5 cm³/mol. The summed E-state index contributed by atoms with van der Waals surface area (Å²) in [6, 6.07) is 8.32. The molecule has 0 aliphatic rings. The van der Waals surface area contributed by atoms with E-state index in [9.17, 15) is 9.90 Å². The fourth-order valence-electron chi connectivity index (χ4n) is 2.42. The van der Waals surface area contributed by atoms with Gasteiger partial charge in [0.25, 0.3) is 0 Å². The second kappa shape index (κ2) is 8.92. The Morgan fingerprint density at radius 2 is 1.65 bits per heavy atom. The third kappa shape index (κ3) is 8.03. The number of alkyl carbamates (subject to hydrolysis) is 1. The van der Waals surface area contributed by atoms with E-state index in [1.807, 2.05) is 39.8 Å². The molecule has 130 valence electrons. The van der Waals surface area contributed by atoms with Gasteiger partial charge in [0, 0.05) is 13.2 Å². The first-order chi connectivity index (χ1) is 10.7. The number of hydrogen-bond acceptors (Lipinski definition) is 3. The van der Waals surface area contributed by atoms with Crippen LogP contribution in [0.5, 0.6) is 0 Å². The van der Waals surface area contributed by atoms with Gasteiger partial charge in [0.15, 0.2) is 0 Å². The van der Waals surface area contributed by atoms with Gasteiger partial charge in [0.05, 0.1) is 0 Å². The normalized spacial score (nSPS) is 14.2. The molecule has 4 nitrogen and oxygen atoms in total. The number of amides is 1. The SMILES string of the molecule is C[C@H](CO)Cc1ccccc1C[C@H](C)CNC(=O)OC(C)(C)C. The largest absolute Gasteiger partial charge is 0.444 e. The van der Waals surface area contributed by atoms with Gasteiger partial charge in [-0.05, 0) is 56.6 Å². The summed E-state index contributed by atoms with van der Waals surface area (Å²) >= 11 is 0. The molecule has 0 aromatic heterocycles.